The molecule has 0 spiro atoms. The molecule has 0 aliphatic carbocycles. The minimum absolute atomic E-state index is 0.148. The number of hydrogen-bond acceptors (Lipinski definition) is 4. The summed E-state index contributed by atoms with van der Waals surface area (Å²) in [5, 5.41) is 21.8. The second-order valence-electron chi connectivity index (χ2n) is 6.01. The summed E-state index contributed by atoms with van der Waals surface area (Å²) in [5.41, 5.74) is 7.99. The van der Waals surface area contributed by atoms with Crippen LogP contribution in [0.2, 0.25) is 0 Å². The number of carbonyl (C=O) groups is 2. The Morgan fingerprint density at radius 2 is 1.89 bits per heavy atom. The molecule has 3 rings (SSSR count). The van der Waals surface area contributed by atoms with E-state index in [-0.39, 0.29) is 23.6 Å². The molecule has 0 aliphatic rings. The first-order chi connectivity index (χ1) is 12.9. The van der Waals surface area contributed by atoms with Gasteiger partial charge in [-0.3, -0.25) is 9.59 Å². The van der Waals surface area contributed by atoms with Crippen molar-refractivity contribution in [3.05, 3.63) is 70.4 Å². The molecule has 3 N–H and O–H groups in total. The van der Waals surface area contributed by atoms with Crippen molar-refractivity contribution in [1.29, 1.82) is 10.5 Å². The SMILES string of the molecule is Cn1c(C(=O)NCc2ccc(C(N)=O)c(C#N)c2)cc2ccc(C#N)cc21. The summed E-state index contributed by atoms with van der Waals surface area (Å²) in [7, 11) is 1.76. The molecule has 0 aliphatic heterocycles. The van der Waals surface area contributed by atoms with Crippen molar-refractivity contribution in [3.63, 3.8) is 0 Å². The largest absolute Gasteiger partial charge is 0.366 e. The second-order valence-corrected chi connectivity index (χ2v) is 6.01. The van der Waals surface area contributed by atoms with Crippen LogP contribution in [-0.2, 0) is 13.6 Å². The van der Waals surface area contributed by atoms with Crippen molar-refractivity contribution in [3.8, 4) is 12.1 Å². The molecular formula is C20H15N5O2. The third-order valence-corrected chi connectivity index (χ3v) is 4.33. The molecule has 7 nitrogen and oxygen atoms in total. The van der Waals surface area contributed by atoms with E-state index in [0.29, 0.717) is 16.8 Å². The predicted molar refractivity (Wildman–Crippen MR) is 98.5 cm³/mol. The molecule has 1 heterocycles. The van der Waals surface area contributed by atoms with Crippen molar-refractivity contribution in [2.24, 2.45) is 12.8 Å². The number of hydrogen-bond donors (Lipinski definition) is 2. The van der Waals surface area contributed by atoms with E-state index >= 15 is 0 Å². The average molecular weight is 357 g/mol. The van der Waals surface area contributed by atoms with Crippen LogP contribution in [0, 0.1) is 22.7 Å². The normalized spacial score (nSPS) is 10.2. The van der Waals surface area contributed by atoms with E-state index in [2.05, 4.69) is 11.4 Å². The highest BCUT2D eigenvalue weighted by Crippen LogP contribution is 2.20. The average Bonchev–Trinajstić information content (AvgIpc) is 3.01. The number of fused-ring (bicyclic) bond motifs is 1. The topological polar surface area (TPSA) is 125 Å². The summed E-state index contributed by atoms with van der Waals surface area (Å²) in [6.07, 6.45) is 0. The maximum absolute atomic E-state index is 12.6. The summed E-state index contributed by atoms with van der Waals surface area (Å²) >= 11 is 0. The fourth-order valence-corrected chi connectivity index (χ4v) is 2.90. The number of nitrogens with two attached hydrogens (primary N) is 1. The van der Waals surface area contributed by atoms with Gasteiger partial charge in [0.25, 0.3) is 5.91 Å². The molecule has 132 valence electrons. The van der Waals surface area contributed by atoms with E-state index in [1.807, 2.05) is 6.07 Å². The van der Waals surface area contributed by atoms with Crippen LogP contribution in [0.1, 0.15) is 37.5 Å². The minimum Gasteiger partial charge on any atom is -0.366 e. The third-order valence-electron chi connectivity index (χ3n) is 4.33. The Hall–Kier alpha value is -4.10. The lowest BCUT2D eigenvalue weighted by Gasteiger charge is -2.08. The van der Waals surface area contributed by atoms with E-state index in [4.69, 9.17) is 16.3 Å². The number of primary amides is 1. The highest BCUT2D eigenvalue weighted by Gasteiger charge is 2.14. The molecule has 0 bridgehead atoms. The highest BCUT2D eigenvalue weighted by atomic mass is 16.2. The second kappa shape index (κ2) is 7.03. The Balaban J connectivity index is 1.82. The summed E-state index contributed by atoms with van der Waals surface area (Å²) in [4.78, 5) is 23.8. The fraction of sp³-hybridized carbons (Fsp3) is 0.100. The zero-order valence-corrected chi connectivity index (χ0v) is 14.5. The predicted octanol–water partition coefficient (Wildman–Crippen LogP) is 1.95. The van der Waals surface area contributed by atoms with Crippen LogP contribution < -0.4 is 11.1 Å². The first-order valence-electron chi connectivity index (χ1n) is 8.05. The number of aromatic nitrogens is 1. The number of nitrogens with zero attached hydrogens (tertiary/aromatic N) is 3. The first-order valence-corrected chi connectivity index (χ1v) is 8.05. The fourth-order valence-electron chi connectivity index (χ4n) is 2.90. The van der Waals surface area contributed by atoms with Crippen molar-refractivity contribution in [2.45, 2.75) is 6.54 Å². The van der Waals surface area contributed by atoms with Gasteiger partial charge in [-0.1, -0.05) is 12.1 Å². The van der Waals surface area contributed by atoms with E-state index in [9.17, 15) is 9.59 Å². The van der Waals surface area contributed by atoms with E-state index < -0.39 is 5.91 Å². The molecule has 3 aromatic rings. The Bertz CT molecular complexity index is 1160. The molecule has 0 fully saturated rings. The van der Waals surface area contributed by atoms with E-state index in [1.54, 1.807) is 41.9 Å². The lowest BCUT2D eigenvalue weighted by atomic mass is 10.0. The van der Waals surface area contributed by atoms with Gasteiger partial charge in [-0.25, -0.2) is 0 Å². The molecular weight excluding hydrogens is 342 g/mol. The minimum atomic E-state index is -0.672. The number of amides is 2. The molecule has 0 unspecified atom stereocenters. The van der Waals surface area contributed by atoms with Crippen molar-refractivity contribution in [2.75, 3.05) is 0 Å². The Morgan fingerprint density at radius 3 is 2.56 bits per heavy atom. The van der Waals surface area contributed by atoms with E-state index in [1.165, 1.54) is 12.1 Å². The van der Waals surface area contributed by atoms with Crippen LogP contribution in [0.3, 0.4) is 0 Å². The first kappa shape index (κ1) is 17.7. The standard InChI is InChI=1S/C20H15N5O2/c1-25-17-7-12(9-21)2-4-14(17)8-18(25)20(27)24-11-13-3-5-16(19(23)26)15(6-13)10-22/h2-8H,11H2,1H3,(H2,23,26)(H,24,27). The quantitative estimate of drug-likeness (QED) is 0.740. The van der Waals surface area contributed by atoms with Crippen LogP contribution in [0.5, 0.6) is 0 Å². The molecule has 2 amide bonds. The molecule has 0 saturated heterocycles. The van der Waals surface area contributed by atoms with Crippen LogP contribution in [0.4, 0.5) is 0 Å². The number of rotatable bonds is 4. The smallest absolute Gasteiger partial charge is 0.268 e. The summed E-state index contributed by atoms with van der Waals surface area (Å²) in [5.74, 6) is -0.959. The number of nitrogens with one attached hydrogen (secondary N) is 1. The lowest BCUT2D eigenvalue weighted by molar-refractivity contribution is 0.0941. The molecule has 0 atom stereocenters. The van der Waals surface area contributed by atoms with Gasteiger partial charge in [0.2, 0.25) is 5.91 Å². The van der Waals surface area contributed by atoms with Gasteiger partial charge in [-0.15, -0.1) is 0 Å². The van der Waals surface area contributed by atoms with Crippen molar-refractivity contribution in [1.82, 2.24) is 9.88 Å². The zero-order valence-electron chi connectivity index (χ0n) is 14.5. The van der Waals surface area contributed by atoms with Crippen LogP contribution in [-0.4, -0.2) is 16.4 Å². The highest BCUT2D eigenvalue weighted by molar-refractivity contribution is 5.99. The molecule has 0 saturated carbocycles. The molecule has 1 aromatic heterocycles. The molecule has 7 heteroatoms. The van der Waals surface area contributed by atoms with E-state index in [0.717, 1.165) is 10.9 Å². The van der Waals surface area contributed by atoms with Gasteiger partial charge in [0.05, 0.1) is 28.8 Å². The number of aryl methyl sites for hydroxylation is 1. The lowest BCUT2D eigenvalue weighted by Crippen LogP contribution is -2.25. The number of nitriles is 2. The maximum Gasteiger partial charge on any atom is 0.268 e. The Labute approximate surface area is 155 Å². The summed E-state index contributed by atoms with van der Waals surface area (Å²) < 4.78 is 1.72. The Morgan fingerprint density at radius 1 is 1.11 bits per heavy atom. The van der Waals surface area contributed by atoms with Crippen LogP contribution >= 0.6 is 0 Å². The molecule has 2 aromatic carbocycles. The number of benzene rings is 2. The Kier molecular flexibility index (Phi) is 4.61. The number of carbonyl (C=O) groups excluding carboxylic acids is 2. The van der Waals surface area contributed by atoms with Crippen LogP contribution in [0.25, 0.3) is 10.9 Å². The van der Waals surface area contributed by atoms with Gasteiger partial charge in [0.1, 0.15) is 5.69 Å². The van der Waals surface area contributed by atoms with Gasteiger partial charge < -0.3 is 15.6 Å². The summed E-state index contributed by atoms with van der Waals surface area (Å²) in [6, 6.07) is 15.6. The van der Waals surface area contributed by atoms with Gasteiger partial charge >= 0.3 is 0 Å². The zero-order chi connectivity index (χ0) is 19.6. The monoisotopic (exact) mass is 357 g/mol. The van der Waals surface area contributed by atoms with Crippen LogP contribution in [0.15, 0.2) is 42.5 Å². The molecule has 0 radical (unpaired) electrons. The van der Waals surface area contributed by atoms with Gasteiger partial charge in [-0.05, 0) is 35.9 Å². The van der Waals surface area contributed by atoms with Gasteiger partial charge in [0.15, 0.2) is 0 Å². The van der Waals surface area contributed by atoms with Gasteiger partial charge in [-0.2, -0.15) is 10.5 Å². The third kappa shape index (κ3) is 3.35. The molecule has 27 heavy (non-hydrogen) atoms. The van der Waals surface area contributed by atoms with Crippen molar-refractivity contribution < 1.29 is 9.59 Å². The maximum atomic E-state index is 12.6. The van der Waals surface area contributed by atoms with Gasteiger partial charge in [0, 0.05) is 24.5 Å². The van der Waals surface area contributed by atoms with Crippen molar-refractivity contribution >= 4 is 22.7 Å². The summed E-state index contributed by atoms with van der Waals surface area (Å²) in [6.45, 7) is 0.192.